The van der Waals surface area contributed by atoms with E-state index in [0.29, 0.717) is 17.9 Å². The normalized spacial score (nSPS) is 18.7. The van der Waals surface area contributed by atoms with Gasteiger partial charge in [0.25, 0.3) is 0 Å². The van der Waals surface area contributed by atoms with Crippen LogP contribution in [0.25, 0.3) is 0 Å². The van der Waals surface area contributed by atoms with Gasteiger partial charge in [-0.1, -0.05) is 0 Å². The highest BCUT2D eigenvalue weighted by Crippen LogP contribution is 2.20. The Kier molecular flexibility index (Phi) is 4.15. The fraction of sp³-hybridized carbons (Fsp3) is 0.462. The molecule has 0 aliphatic carbocycles. The van der Waals surface area contributed by atoms with Crippen molar-refractivity contribution in [2.75, 3.05) is 23.8 Å². The smallest absolute Gasteiger partial charge is 0.221 e. The Labute approximate surface area is 106 Å². The number of amides is 1. The molecule has 0 spiro atoms. The van der Waals surface area contributed by atoms with Crippen molar-refractivity contribution in [1.82, 2.24) is 0 Å². The summed E-state index contributed by atoms with van der Waals surface area (Å²) in [5.74, 6) is -0.589. The highest BCUT2D eigenvalue weighted by Gasteiger charge is 2.15. The van der Waals surface area contributed by atoms with Crippen LogP contribution in [-0.4, -0.2) is 25.2 Å². The lowest BCUT2D eigenvalue weighted by Gasteiger charge is -2.13. The highest BCUT2D eigenvalue weighted by atomic mass is 19.1. The zero-order chi connectivity index (χ0) is 13.0. The van der Waals surface area contributed by atoms with Gasteiger partial charge in [0.2, 0.25) is 5.91 Å². The number of carbonyl (C=O) groups is 1. The maximum Gasteiger partial charge on any atom is 0.221 e. The second-order valence-electron chi connectivity index (χ2n) is 4.39. The summed E-state index contributed by atoms with van der Waals surface area (Å²) in [5.41, 5.74) is 0.891. The minimum atomic E-state index is -0.376. The number of nitrogens with one attached hydrogen (secondary N) is 2. The third-order valence-corrected chi connectivity index (χ3v) is 2.83. The molecule has 4 nitrogen and oxygen atoms in total. The fourth-order valence-electron chi connectivity index (χ4n) is 1.97. The molecule has 0 radical (unpaired) electrons. The molecule has 0 bridgehead atoms. The quantitative estimate of drug-likeness (QED) is 0.865. The number of hydrogen-bond donors (Lipinski definition) is 2. The number of hydrogen-bond acceptors (Lipinski definition) is 3. The van der Waals surface area contributed by atoms with Crippen LogP contribution in [0.2, 0.25) is 0 Å². The van der Waals surface area contributed by atoms with Gasteiger partial charge in [-0.25, -0.2) is 4.39 Å². The molecular formula is C13H17FN2O2. The van der Waals surface area contributed by atoms with Crippen molar-refractivity contribution in [2.24, 2.45) is 0 Å². The summed E-state index contributed by atoms with van der Waals surface area (Å²) in [5, 5.41) is 5.56. The molecule has 2 N–H and O–H groups in total. The first kappa shape index (κ1) is 12.8. The Hall–Kier alpha value is -1.62. The number of rotatable bonds is 4. The molecule has 0 saturated carbocycles. The van der Waals surface area contributed by atoms with Crippen molar-refractivity contribution in [2.45, 2.75) is 25.9 Å². The van der Waals surface area contributed by atoms with Crippen LogP contribution in [-0.2, 0) is 9.53 Å². The largest absolute Gasteiger partial charge is 0.380 e. The molecule has 0 aromatic heterocycles. The average molecular weight is 252 g/mol. The summed E-state index contributed by atoms with van der Waals surface area (Å²) in [4.78, 5) is 10.8. The minimum Gasteiger partial charge on any atom is -0.380 e. The molecule has 1 unspecified atom stereocenters. The number of carbonyl (C=O) groups excluding carboxylic acids is 1. The third kappa shape index (κ3) is 3.43. The van der Waals surface area contributed by atoms with Crippen LogP contribution in [0, 0.1) is 5.82 Å². The zero-order valence-electron chi connectivity index (χ0n) is 10.3. The Morgan fingerprint density at radius 2 is 2.39 bits per heavy atom. The highest BCUT2D eigenvalue weighted by molar-refractivity contribution is 5.88. The lowest BCUT2D eigenvalue weighted by molar-refractivity contribution is -0.114. The second-order valence-corrected chi connectivity index (χ2v) is 4.39. The van der Waals surface area contributed by atoms with Gasteiger partial charge in [-0.2, -0.15) is 0 Å². The Morgan fingerprint density at radius 1 is 1.56 bits per heavy atom. The van der Waals surface area contributed by atoms with Crippen LogP contribution in [0.4, 0.5) is 15.8 Å². The second kappa shape index (κ2) is 5.82. The van der Waals surface area contributed by atoms with Gasteiger partial charge in [0.05, 0.1) is 11.8 Å². The van der Waals surface area contributed by atoms with Gasteiger partial charge in [0.15, 0.2) is 0 Å². The summed E-state index contributed by atoms with van der Waals surface area (Å²) >= 11 is 0. The van der Waals surface area contributed by atoms with Gasteiger partial charge >= 0.3 is 0 Å². The van der Waals surface area contributed by atoms with E-state index in [1.165, 1.54) is 13.0 Å². The molecule has 18 heavy (non-hydrogen) atoms. The van der Waals surface area contributed by atoms with Crippen molar-refractivity contribution >= 4 is 17.3 Å². The van der Waals surface area contributed by atoms with Crippen LogP contribution in [0.5, 0.6) is 0 Å². The van der Waals surface area contributed by atoms with E-state index in [0.717, 1.165) is 19.4 Å². The van der Waals surface area contributed by atoms with Crippen LogP contribution in [0.3, 0.4) is 0 Å². The van der Waals surface area contributed by atoms with Gasteiger partial charge < -0.3 is 15.4 Å². The van der Waals surface area contributed by atoms with E-state index in [-0.39, 0.29) is 17.8 Å². The van der Waals surface area contributed by atoms with Crippen LogP contribution < -0.4 is 10.6 Å². The SMILES string of the molecule is CC(=O)Nc1ccc(NCC2CCCO2)c(F)c1. The first-order valence-corrected chi connectivity index (χ1v) is 6.08. The maximum absolute atomic E-state index is 13.7. The lowest BCUT2D eigenvalue weighted by atomic mass is 10.2. The van der Waals surface area contributed by atoms with Crippen molar-refractivity contribution in [3.63, 3.8) is 0 Å². The number of halogens is 1. The Balaban J connectivity index is 1.94. The van der Waals surface area contributed by atoms with Crippen molar-refractivity contribution in [1.29, 1.82) is 0 Å². The molecule has 1 fully saturated rings. The van der Waals surface area contributed by atoms with Crippen molar-refractivity contribution in [3.05, 3.63) is 24.0 Å². The van der Waals surface area contributed by atoms with Gasteiger partial charge in [-0.05, 0) is 31.0 Å². The lowest BCUT2D eigenvalue weighted by Crippen LogP contribution is -2.19. The van der Waals surface area contributed by atoms with E-state index in [1.807, 2.05) is 0 Å². The molecule has 1 amide bonds. The molecule has 1 aliphatic rings. The van der Waals surface area contributed by atoms with Gasteiger partial charge in [-0.3, -0.25) is 4.79 Å². The fourth-order valence-corrected chi connectivity index (χ4v) is 1.97. The monoisotopic (exact) mass is 252 g/mol. The van der Waals surface area contributed by atoms with E-state index in [1.54, 1.807) is 12.1 Å². The average Bonchev–Trinajstić information content (AvgIpc) is 2.80. The van der Waals surface area contributed by atoms with Crippen LogP contribution in [0.15, 0.2) is 18.2 Å². The summed E-state index contributed by atoms with van der Waals surface area (Å²) in [7, 11) is 0. The zero-order valence-corrected chi connectivity index (χ0v) is 10.3. The molecule has 1 aliphatic heterocycles. The summed E-state index contributed by atoms with van der Waals surface area (Å²) in [6, 6.07) is 4.59. The van der Waals surface area contributed by atoms with E-state index in [4.69, 9.17) is 4.74 Å². The first-order valence-electron chi connectivity index (χ1n) is 6.08. The van der Waals surface area contributed by atoms with Crippen LogP contribution in [0.1, 0.15) is 19.8 Å². The molecule has 1 saturated heterocycles. The molecule has 1 atom stereocenters. The third-order valence-electron chi connectivity index (χ3n) is 2.83. The van der Waals surface area contributed by atoms with Gasteiger partial charge in [0.1, 0.15) is 5.82 Å². The summed E-state index contributed by atoms with van der Waals surface area (Å²) < 4.78 is 19.2. The van der Waals surface area contributed by atoms with E-state index >= 15 is 0 Å². The molecule has 98 valence electrons. The Morgan fingerprint density at radius 3 is 3.00 bits per heavy atom. The predicted molar refractivity (Wildman–Crippen MR) is 68.2 cm³/mol. The minimum absolute atomic E-state index is 0.166. The first-order chi connectivity index (χ1) is 8.65. The van der Waals surface area contributed by atoms with Gasteiger partial charge in [-0.15, -0.1) is 0 Å². The molecule has 5 heteroatoms. The Bertz CT molecular complexity index is 431. The van der Waals surface area contributed by atoms with Crippen LogP contribution >= 0.6 is 0 Å². The van der Waals surface area contributed by atoms with Crippen molar-refractivity contribution in [3.8, 4) is 0 Å². The van der Waals surface area contributed by atoms with Gasteiger partial charge in [0, 0.05) is 25.8 Å². The summed E-state index contributed by atoms with van der Waals surface area (Å²) in [6.45, 7) is 2.79. The topological polar surface area (TPSA) is 50.4 Å². The van der Waals surface area contributed by atoms with Crippen molar-refractivity contribution < 1.29 is 13.9 Å². The molecule has 1 aromatic rings. The van der Waals surface area contributed by atoms with E-state index in [2.05, 4.69) is 10.6 Å². The molecular weight excluding hydrogens is 235 g/mol. The predicted octanol–water partition coefficient (Wildman–Crippen LogP) is 2.38. The van der Waals surface area contributed by atoms with E-state index < -0.39 is 0 Å². The molecule has 2 rings (SSSR count). The number of anilines is 2. The standard InChI is InChI=1S/C13H17FN2O2/c1-9(17)16-10-4-5-13(12(14)7-10)15-8-11-3-2-6-18-11/h4-5,7,11,15H,2-3,6,8H2,1H3,(H,16,17). The maximum atomic E-state index is 13.7. The number of ether oxygens (including phenoxy) is 1. The number of benzene rings is 1. The molecule has 1 heterocycles. The molecule has 1 aromatic carbocycles. The van der Waals surface area contributed by atoms with E-state index in [9.17, 15) is 9.18 Å². The summed E-state index contributed by atoms with van der Waals surface area (Å²) in [6.07, 6.45) is 2.24.